The molecular formula is C26H20Cl2N4O. The number of rotatable bonds is 5. The third kappa shape index (κ3) is 5.18. The van der Waals surface area contributed by atoms with Gasteiger partial charge in [0.15, 0.2) is 5.78 Å². The molecule has 1 fully saturated rings. The summed E-state index contributed by atoms with van der Waals surface area (Å²) in [5.74, 6) is 0.0131. The first-order valence-corrected chi connectivity index (χ1v) is 11.2. The summed E-state index contributed by atoms with van der Waals surface area (Å²) in [5, 5.41) is 19.3. The zero-order chi connectivity index (χ0) is 23.4. The van der Waals surface area contributed by atoms with Gasteiger partial charge in [-0.3, -0.25) is 9.69 Å². The highest BCUT2D eigenvalue weighted by Crippen LogP contribution is 2.36. The van der Waals surface area contributed by atoms with Crippen molar-refractivity contribution in [1.29, 1.82) is 10.5 Å². The van der Waals surface area contributed by atoms with E-state index in [4.69, 9.17) is 28.5 Å². The summed E-state index contributed by atoms with van der Waals surface area (Å²) in [6.07, 6.45) is 0. The molecule has 0 N–H and O–H groups in total. The minimum Gasteiger partial charge on any atom is -0.361 e. The first kappa shape index (κ1) is 22.8. The Bertz CT molecular complexity index is 1240. The quantitative estimate of drug-likeness (QED) is 0.457. The number of carbonyl (C=O) groups excluding carboxylic acids is 1. The van der Waals surface area contributed by atoms with Crippen molar-refractivity contribution < 1.29 is 4.79 Å². The molecule has 3 aromatic rings. The van der Waals surface area contributed by atoms with E-state index in [0.717, 1.165) is 11.3 Å². The average Bonchev–Trinajstić information content (AvgIpc) is 2.84. The van der Waals surface area contributed by atoms with Gasteiger partial charge in [0.25, 0.3) is 0 Å². The van der Waals surface area contributed by atoms with E-state index in [9.17, 15) is 10.1 Å². The van der Waals surface area contributed by atoms with E-state index in [2.05, 4.69) is 21.9 Å². The van der Waals surface area contributed by atoms with E-state index in [0.29, 0.717) is 46.4 Å². The van der Waals surface area contributed by atoms with Crippen LogP contribution in [0.15, 0.2) is 66.7 Å². The molecule has 1 saturated heterocycles. The predicted octanol–water partition coefficient (Wildman–Crippen LogP) is 5.48. The Morgan fingerprint density at radius 2 is 1.58 bits per heavy atom. The van der Waals surface area contributed by atoms with Crippen molar-refractivity contribution in [3.63, 3.8) is 0 Å². The maximum Gasteiger partial charge on any atom is 0.176 e. The SMILES string of the molecule is N#Cc1ccc(C(=O)CN2CCN(c3ccc(C#N)cc3Cl)[C@H](c3ccc(Cl)cc3)C2)cc1. The summed E-state index contributed by atoms with van der Waals surface area (Å²) in [5.41, 5.74) is 3.55. The summed E-state index contributed by atoms with van der Waals surface area (Å²) < 4.78 is 0. The summed E-state index contributed by atoms with van der Waals surface area (Å²) in [4.78, 5) is 17.2. The van der Waals surface area contributed by atoms with Gasteiger partial charge in [0, 0.05) is 30.2 Å². The van der Waals surface area contributed by atoms with Gasteiger partial charge in [-0.15, -0.1) is 0 Å². The first-order chi connectivity index (χ1) is 16.0. The minimum atomic E-state index is -0.0461. The number of halogens is 2. The van der Waals surface area contributed by atoms with E-state index in [-0.39, 0.29) is 18.4 Å². The van der Waals surface area contributed by atoms with Crippen LogP contribution in [0.4, 0.5) is 5.69 Å². The number of nitriles is 2. The summed E-state index contributed by atoms with van der Waals surface area (Å²) >= 11 is 12.6. The molecule has 5 nitrogen and oxygen atoms in total. The van der Waals surface area contributed by atoms with Crippen LogP contribution in [0, 0.1) is 22.7 Å². The molecule has 0 aliphatic carbocycles. The van der Waals surface area contributed by atoms with E-state index in [1.165, 1.54) is 0 Å². The second kappa shape index (κ2) is 10.1. The molecule has 0 aromatic heterocycles. The van der Waals surface area contributed by atoms with Gasteiger partial charge in [0.2, 0.25) is 0 Å². The van der Waals surface area contributed by atoms with Crippen LogP contribution in [0.5, 0.6) is 0 Å². The standard InChI is InChI=1S/C26H20Cl2N4O/c27-22-8-6-20(7-9-22)25-16-31(17-26(33)21-4-1-18(14-29)2-5-21)11-12-32(25)24-10-3-19(15-30)13-23(24)28/h1-10,13,25H,11-12,16-17H2/t25-/m0/s1. The fourth-order valence-corrected chi connectivity index (χ4v) is 4.49. The van der Waals surface area contributed by atoms with Crippen LogP contribution in [0.2, 0.25) is 10.0 Å². The monoisotopic (exact) mass is 474 g/mol. The zero-order valence-corrected chi connectivity index (χ0v) is 19.2. The van der Waals surface area contributed by atoms with Crippen LogP contribution in [-0.2, 0) is 0 Å². The molecule has 4 rings (SSSR count). The molecule has 164 valence electrons. The Labute approximate surface area is 203 Å². The third-order valence-corrected chi connectivity index (χ3v) is 6.36. The number of carbonyl (C=O) groups is 1. The number of Topliss-reactive ketones (excluding diaryl/α,β-unsaturated/α-hetero) is 1. The maximum atomic E-state index is 12.9. The van der Waals surface area contributed by atoms with Gasteiger partial charge in [-0.2, -0.15) is 10.5 Å². The predicted molar refractivity (Wildman–Crippen MR) is 130 cm³/mol. The number of ketones is 1. The Morgan fingerprint density at radius 3 is 2.21 bits per heavy atom. The van der Waals surface area contributed by atoms with Crippen LogP contribution in [0.25, 0.3) is 0 Å². The lowest BCUT2D eigenvalue weighted by Gasteiger charge is -2.43. The van der Waals surface area contributed by atoms with Crippen LogP contribution < -0.4 is 4.90 Å². The molecule has 0 spiro atoms. The molecule has 0 radical (unpaired) electrons. The molecule has 1 aliphatic rings. The van der Waals surface area contributed by atoms with Crippen LogP contribution in [0.3, 0.4) is 0 Å². The normalized spacial score (nSPS) is 16.1. The van der Waals surface area contributed by atoms with Crippen molar-refractivity contribution >= 4 is 34.7 Å². The van der Waals surface area contributed by atoms with E-state index < -0.39 is 0 Å². The second-order valence-electron chi connectivity index (χ2n) is 7.89. The number of hydrogen-bond acceptors (Lipinski definition) is 5. The topological polar surface area (TPSA) is 71.1 Å². The molecular weight excluding hydrogens is 455 g/mol. The average molecular weight is 475 g/mol. The number of hydrogen-bond donors (Lipinski definition) is 0. The summed E-state index contributed by atoms with van der Waals surface area (Å²) in [6.45, 7) is 2.26. The molecule has 3 aromatic carbocycles. The largest absolute Gasteiger partial charge is 0.361 e. The van der Waals surface area contributed by atoms with Crippen LogP contribution in [-0.4, -0.2) is 36.9 Å². The highest BCUT2D eigenvalue weighted by Gasteiger charge is 2.30. The Morgan fingerprint density at radius 1 is 0.909 bits per heavy atom. The molecule has 1 heterocycles. The van der Waals surface area contributed by atoms with Gasteiger partial charge in [0.05, 0.1) is 46.6 Å². The first-order valence-electron chi connectivity index (χ1n) is 10.5. The molecule has 0 saturated carbocycles. The Kier molecular flexibility index (Phi) is 6.96. The summed E-state index contributed by atoms with van der Waals surface area (Å²) in [7, 11) is 0. The van der Waals surface area contributed by atoms with Crippen molar-refractivity contribution in [2.45, 2.75) is 6.04 Å². The Balaban J connectivity index is 1.58. The van der Waals surface area contributed by atoms with Gasteiger partial charge >= 0.3 is 0 Å². The summed E-state index contributed by atoms with van der Waals surface area (Å²) in [6, 6.07) is 23.9. The number of benzene rings is 3. The van der Waals surface area contributed by atoms with Gasteiger partial charge in [0.1, 0.15) is 0 Å². The number of nitrogens with zero attached hydrogens (tertiary/aromatic N) is 4. The smallest absolute Gasteiger partial charge is 0.176 e. The molecule has 1 aliphatic heterocycles. The van der Waals surface area contributed by atoms with Gasteiger partial charge < -0.3 is 4.90 Å². The van der Waals surface area contributed by atoms with Gasteiger partial charge in [-0.1, -0.05) is 47.5 Å². The van der Waals surface area contributed by atoms with Crippen molar-refractivity contribution in [3.05, 3.63) is 99.0 Å². The fraction of sp³-hybridized carbons (Fsp3) is 0.192. The Hall–Kier alpha value is -3.35. The number of piperazine rings is 1. The van der Waals surface area contributed by atoms with Gasteiger partial charge in [-0.25, -0.2) is 0 Å². The molecule has 0 amide bonds. The second-order valence-corrected chi connectivity index (χ2v) is 8.73. The molecule has 0 bridgehead atoms. The zero-order valence-electron chi connectivity index (χ0n) is 17.7. The van der Waals surface area contributed by atoms with Gasteiger partial charge in [-0.05, 0) is 48.0 Å². The van der Waals surface area contributed by atoms with E-state index >= 15 is 0 Å². The van der Waals surface area contributed by atoms with Crippen molar-refractivity contribution in [2.75, 3.05) is 31.1 Å². The van der Waals surface area contributed by atoms with Crippen molar-refractivity contribution in [2.24, 2.45) is 0 Å². The highest BCUT2D eigenvalue weighted by molar-refractivity contribution is 6.33. The molecule has 0 unspecified atom stereocenters. The van der Waals surface area contributed by atoms with E-state index in [1.54, 1.807) is 36.4 Å². The highest BCUT2D eigenvalue weighted by atomic mass is 35.5. The van der Waals surface area contributed by atoms with Crippen molar-refractivity contribution in [1.82, 2.24) is 4.90 Å². The van der Waals surface area contributed by atoms with Crippen LogP contribution in [0.1, 0.15) is 33.1 Å². The molecule has 7 heteroatoms. The lowest BCUT2D eigenvalue weighted by Crippen LogP contribution is -2.50. The third-order valence-electron chi connectivity index (χ3n) is 5.81. The minimum absolute atomic E-state index is 0.0131. The van der Waals surface area contributed by atoms with E-state index in [1.807, 2.05) is 30.3 Å². The van der Waals surface area contributed by atoms with Crippen molar-refractivity contribution in [3.8, 4) is 12.1 Å². The molecule has 33 heavy (non-hydrogen) atoms. The number of anilines is 1. The lowest BCUT2D eigenvalue weighted by molar-refractivity contribution is 0.0914. The lowest BCUT2D eigenvalue weighted by atomic mass is 10.00. The van der Waals surface area contributed by atoms with Crippen LogP contribution >= 0.6 is 23.2 Å². The maximum absolute atomic E-state index is 12.9. The fourth-order valence-electron chi connectivity index (χ4n) is 4.08. The molecule has 1 atom stereocenters.